The fourth-order valence-electron chi connectivity index (χ4n) is 3.43. The average molecular weight is 365 g/mol. The molecule has 1 aliphatic heterocycles. The zero-order chi connectivity index (χ0) is 19.3. The summed E-state index contributed by atoms with van der Waals surface area (Å²) in [4.78, 5) is 19.9. The van der Waals surface area contributed by atoms with Gasteiger partial charge in [-0.25, -0.2) is 4.79 Å². The first-order chi connectivity index (χ1) is 12.2. The van der Waals surface area contributed by atoms with Gasteiger partial charge in [0.2, 0.25) is 5.88 Å². The number of anilines is 2. The molecule has 0 aromatic carbocycles. The first kappa shape index (κ1) is 20.1. The van der Waals surface area contributed by atoms with E-state index >= 15 is 0 Å². The Bertz CT molecular complexity index is 609. The lowest BCUT2D eigenvalue weighted by Crippen LogP contribution is -2.54. The van der Waals surface area contributed by atoms with Crippen LogP contribution in [0.2, 0.25) is 0 Å². The molecule has 1 aromatic heterocycles. The molecule has 0 aliphatic carbocycles. The molecule has 0 atom stereocenters. The molecule has 8 heteroatoms. The second-order valence-electron chi connectivity index (χ2n) is 7.61. The standard InChI is InChI=1S/C18H31N5O3/c1-18(2,3)23(17(24)25)13-7-10-22(11-8-13)12-9-20-16-14(19)5-6-15(21-16)26-4/h5-6,13H,7-12,19H2,1-4H3,(H,20,21)(H,24,25). The molecule has 26 heavy (non-hydrogen) atoms. The third-order valence-corrected chi connectivity index (χ3v) is 4.68. The van der Waals surface area contributed by atoms with E-state index in [0.29, 0.717) is 17.4 Å². The van der Waals surface area contributed by atoms with Gasteiger partial charge in [-0.05, 0) is 39.7 Å². The number of methoxy groups -OCH3 is 1. The first-order valence-electron chi connectivity index (χ1n) is 9.01. The van der Waals surface area contributed by atoms with Gasteiger partial charge in [0.05, 0.1) is 12.8 Å². The van der Waals surface area contributed by atoms with Gasteiger partial charge >= 0.3 is 6.09 Å². The Morgan fingerprint density at radius 2 is 2.08 bits per heavy atom. The van der Waals surface area contributed by atoms with E-state index < -0.39 is 6.09 Å². The van der Waals surface area contributed by atoms with E-state index in [-0.39, 0.29) is 11.6 Å². The smallest absolute Gasteiger partial charge is 0.407 e. The van der Waals surface area contributed by atoms with E-state index in [1.54, 1.807) is 24.1 Å². The van der Waals surface area contributed by atoms with Gasteiger partial charge in [-0.3, -0.25) is 0 Å². The summed E-state index contributed by atoms with van der Waals surface area (Å²) >= 11 is 0. The maximum Gasteiger partial charge on any atom is 0.407 e. The first-order valence-corrected chi connectivity index (χ1v) is 9.01. The summed E-state index contributed by atoms with van der Waals surface area (Å²) in [6, 6.07) is 3.58. The molecule has 1 aliphatic rings. The van der Waals surface area contributed by atoms with Crippen LogP contribution in [-0.2, 0) is 0 Å². The van der Waals surface area contributed by atoms with Gasteiger partial charge < -0.3 is 30.7 Å². The van der Waals surface area contributed by atoms with Crippen molar-refractivity contribution in [3.8, 4) is 5.88 Å². The monoisotopic (exact) mass is 365 g/mol. The second kappa shape index (κ2) is 8.44. The predicted molar refractivity (Wildman–Crippen MR) is 103 cm³/mol. The Morgan fingerprint density at radius 1 is 1.42 bits per heavy atom. The van der Waals surface area contributed by atoms with Gasteiger partial charge in [0, 0.05) is 43.8 Å². The van der Waals surface area contributed by atoms with Crippen LogP contribution in [0.4, 0.5) is 16.3 Å². The van der Waals surface area contributed by atoms with Crippen molar-refractivity contribution >= 4 is 17.6 Å². The molecule has 1 fully saturated rings. The van der Waals surface area contributed by atoms with Crippen LogP contribution in [0.5, 0.6) is 5.88 Å². The topological polar surface area (TPSA) is 104 Å². The number of nitrogens with one attached hydrogen (secondary N) is 1. The maximum absolute atomic E-state index is 11.6. The second-order valence-corrected chi connectivity index (χ2v) is 7.61. The van der Waals surface area contributed by atoms with Crippen LogP contribution >= 0.6 is 0 Å². The number of ether oxygens (including phenoxy) is 1. The number of piperidine rings is 1. The number of amides is 1. The van der Waals surface area contributed by atoms with Crippen LogP contribution in [0.25, 0.3) is 0 Å². The molecule has 2 rings (SSSR count). The van der Waals surface area contributed by atoms with Crippen LogP contribution in [0, 0.1) is 0 Å². The van der Waals surface area contributed by atoms with E-state index in [1.165, 1.54) is 0 Å². The number of nitrogen functional groups attached to an aromatic ring is 1. The fraction of sp³-hybridized carbons (Fsp3) is 0.667. The van der Waals surface area contributed by atoms with Crippen molar-refractivity contribution in [2.45, 2.75) is 45.2 Å². The lowest BCUT2D eigenvalue weighted by atomic mass is 9.97. The van der Waals surface area contributed by atoms with Crippen molar-refractivity contribution in [2.24, 2.45) is 0 Å². The molecular formula is C18H31N5O3. The summed E-state index contributed by atoms with van der Waals surface area (Å²) in [7, 11) is 1.57. The highest BCUT2D eigenvalue weighted by molar-refractivity contribution is 5.66. The molecule has 0 unspecified atom stereocenters. The van der Waals surface area contributed by atoms with Crippen molar-refractivity contribution in [1.29, 1.82) is 0 Å². The number of carboxylic acid groups (broad SMARTS) is 1. The Kier molecular flexibility index (Phi) is 6.52. The Morgan fingerprint density at radius 3 is 2.62 bits per heavy atom. The molecular weight excluding hydrogens is 334 g/mol. The minimum absolute atomic E-state index is 0.0763. The molecule has 1 aromatic rings. The van der Waals surface area contributed by atoms with Crippen molar-refractivity contribution in [3.05, 3.63) is 12.1 Å². The van der Waals surface area contributed by atoms with Crippen molar-refractivity contribution in [3.63, 3.8) is 0 Å². The lowest BCUT2D eigenvalue weighted by molar-refractivity contribution is 0.0429. The van der Waals surface area contributed by atoms with Gasteiger partial charge in [-0.1, -0.05) is 0 Å². The zero-order valence-electron chi connectivity index (χ0n) is 16.2. The molecule has 0 spiro atoms. The number of nitrogens with zero attached hydrogens (tertiary/aromatic N) is 3. The van der Waals surface area contributed by atoms with Crippen molar-refractivity contribution in [1.82, 2.24) is 14.8 Å². The minimum atomic E-state index is -0.836. The van der Waals surface area contributed by atoms with Gasteiger partial charge in [-0.2, -0.15) is 4.98 Å². The van der Waals surface area contributed by atoms with Gasteiger partial charge in [-0.15, -0.1) is 0 Å². The summed E-state index contributed by atoms with van der Waals surface area (Å²) < 4.78 is 5.12. The van der Waals surface area contributed by atoms with Crippen molar-refractivity contribution < 1.29 is 14.6 Å². The minimum Gasteiger partial charge on any atom is -0.481 e. The van der Waals surface area contributed by atoms with E-state index in [1.807, 2.05) is 20.8 Å². The average Bonchev–Trinajstić information content (AvgIpc) is 2.56. The molecule has 0 bridgehead atoms. The van der Waals surface area contributed by atoms with Crippen LogP contribution in [0.3, 0.4) is 0 Å². The third-order valence-electron chi connectivity index (χ3n) is 4.68. The molecule has 8 nitrogen and oxygen atoms in total. The van der Waals surface area contributed by atoms with Crippen LogP contribution < -0.4 is 15.8 Å². The van der Waals surface area contributed by atoms with Gasteiger partial charge in [0.15, 0.2) is 5.82 Å². The summed E-state index contributed by atoms with van der Waals surface area (Å²) in [5.41, 5.74) is 6.14. The van der Waals surface area contributed by atoms with E-state index in [2.05, 4.69) is 15.2 Å². The summed E-state index contributed by atoms with van der Waals surface area (Å²) in [6.07, 6.45) is 0.865. The van der Waals surface area contributed by atoms with Gasteiger partial charge in [0.1, 0.15) is 0 Å². The highest BCUT2D eigenvalue weighted by Crippen LogP contribution is 2.25. The number of hydrogen-bond donors (Lipinski definition) is 3. The lowest BCUT2D eigenvalue weighted by Gasteiger charge is -2.43. The normalized spacial score (nSPS) is 16.3. The number of pyridine rings is 1. The third kappa shape index (κ3) is 5.14. The quantitative estimate of drug-likeness (QED) is 0.711. The van der Waals surface area contributed by atoms with Gasteiger partial charge in [0.25, 0.3) is 0 Å². The number of rotatable bonds is 6. The fourth-order valence-corrected chi connectivity index (χ4v) is 3.43. The molecule has 4 N–H and O–H groups in total. The van der Waals surface area contributed by atoms with E-state index in [9.17, 15) is 9.90 Å². The summed E-state index contributed by atoms with van der Waals surface area (Å²) in [6.45, 7) is 9.18. The Labute approximate surface area is 155 Å². The number of carbonyl (C=O) groups is 1. The summed E-state index contributed by atoms with van der Waals surface area (Å²) in [5.74, 6) is 1.16. The number of likely N-dealkylation sites (tertiary alicyclic amines) is 1. The van der Waals surface area contributed by atoms with Crippen molar-refractivity contribution in [2.75, 3.05) is 44.3 Å². The molecule has 1 saturated heterocycles. The highest BCUT2D eigenvalue weighted by atomic mass is 16.5. The largest absolute Gasteiger partial charge is 0.481 e. The Hall–Kier alpha value is -2.22. The zero-order valence-corrected chi connectivity index (χ0v) is 16.2. The highest BCUT2D eigenvalue weighted by Gasteiger charge is 2.34. The molecule has 0 radical (unpaired) electrons. The maximum atomic E-state index is 11.6. The summed E-state index contributed by atoms with van der Waals surface area (Å²) in [5, 5.41) is 12.8. The van der Waals surface area contributed by atoms with Crippen LogP contribution in [0.15, 0.2) is 12.1 Å². The molecule has 1 amide bonds. The van der Waals surface area contributed by atoms with E-state index in [0.717, 1.165) is 39.0 Å². The molecule has 146 valence electrons. The van der Waals surface area contributed by atoms with Crippen LogP contribution in [0.1, 0.15) is 33.6 Å². The molecule has 2 heterocycles. The SMILES string of the molecule is COc1ccc(N)c(NCCN2CCC(N(C(=O)O)C(C)(C)C)CC2)n1. The van der Waals surface area contributed by atoms with E-state index in [4.69, 9.17) is 10.5 Å². The number of nitrogens with two attached hydrogens (primary N) is 1. The molecule has 0 saturated carbocycles. The van der Waals surface area contributed by atoms with Crippen LogP contribution in [-0.4, -0.2) is 70.9 Å². The Balaban J connectivity index is 1.81. The number of hydrogen-bond acceptors (Lipinski definition) is 6. The number of aromatic nitrogens is 1. The predicted octanol–water partition coefficient (Wildman–Crippen LogP) is 2.33.